The normalized spacial score (nSPS) is 11.0. The molecule has 0 aliphatic carbocycles. The molecule has 29 heavy (non-hydrogen) atoms. The second-order valence-corrected chi connectivity index (χ2v) is 9.19. The van der Waals surface area contributed by atoms with Crippen LogP contribution in [-0.4, -0.2) is 39.7 Å². The van der Waals surface area contributed by atoms with Gasteiger partial charge in [-0.05, 0) is 48.9 Å². The minimum Gasteiger partial charge on any atom is -0.462 e. The second-order valence-electron chi connectivity index (χ2n) is 6.36. The van der Waals surface area contributed by atoms with Crippen molar-refractivity contribution in [3.63, 3.8) is 0 Å². The Labute approximate surface area is 179 Å². The number of hydrogen-bond acceptors (Lipinski definition) is 5. The van der Waals surface area contributed by atoms with E-state index in [0.29, 0.717) is 28.0 Å². The summed E-state index contributed by atoms with van der Waals surface area (Å²) in [6.45, 7) is 1.99. The number of anilines is 2. The molecule has 0 aliphatic rings. The van der Waals surface area contributed by atoms with Gasteiger partial charge < -0.3 is 10.1 Å². The molecule has 0 aromatic heterocycles. The van der Waals surface area contributed by atoms with Crippen molar-refractivity contribution in [3.05, 3.63) is 58.6 Å². The van der Waals surface area contributed by atoms with E-state index in [0.717, 1.165) is 23.4 Å². The molecule has 0 atom stereocenters. The summed E-state index contributed by atoms with van der Waals surface area (Å²) in [5, 5.41) is 2.64. The summed E-state index contributed by atoms with van der Waals surface area (Å²) in [4.78, 5) is 24.3. The first kappa shape index (κ1) is 22.9. The molecule has 1 N–H and O–H groups in total. The molecule has 1 amide bonds. The molecule has 0 fully saturated rings. The van der Waals surface area contributed by atoms with Crippen LogP contribution < -0.4 is 9.62 Å². The summed E-state index contributed by atoms with van der Waals surface area (Å²) in [5.41, 5.74) is 1.20. The molecule has 0 radical (unpaired) electrons. The predicted octanol–water partition coefficient (Wildman–Crippen LogP) is 3.81. The first-order valence-electron chi connectivity index (χ1n) is 9.01. The Morgan fingerprint density at radius 2 is 1.83 bits per heavy atom. The average molecular weight is 483 g/mol. The molecule has 2 aromatic carbocycles. The van der Waals surface area contributed by atoms with Crippen LogP contribution in [0.15, 0.2) is 53.0 Å². The van der Waals surface area contributed by atoms with Crippen molar-refractivity contribution in [3.8, 4) is 0 Å². The highest BCUT2D eigenvalue weighted by molar-refractivity contribution is 9.10. The van der Waals surface area contributed by atoms with E-state index in [4.69, 9.17) is 4.74 Å². The number of rotatable bonds is 9. The van der Waals surface area contributed by atoms with Crippen molar-refractivity contribution in [2.45, 2.75) is 19.8 Å². The van der Waals surface area contributed by atoms with Crippen LogP contribution in [0.25, 0.3) is 0 Å². The number of nitrogens with one attached hydrogen (secondary N) is 1. The van der Waals surface area contributed by atoms with Crippen LogP contribution in [-0.2, 0) is 19.6 Å². The Hall–Kier alpha value is -2.39. The van der Waals surface area contributed by atoms with Gasteiger partial charge in [0.1, 0.15) is 6.54 Å². The van der Waals surface area contributed by atoms with Gasteiger partial charge in [0, 0.05) is 10.2 Å². The summed E-state index contributed by atoms with van der Waals surface area (Å²) in [6.07, 6.45) is 2.78. The van der Waals surface area contributed by atoms with Crippen LogP contribution in [0.1, 0.15) is 30.1 Å². The molecule has 0 saturated carbocycles. The Morgan fingerprint density at radius 1 is 1.14 bits per heavy atom. The Kier molecular flexibility index (Phi) is 8.21. The molecule has 0 aliphatic heterocycles. The zero-order valence-corrected chi connectivity index (χ0v) is 18.6. The highest BCUT2D eigenvalue weighted by atomic mass is 79.9. The summed E-state index contributed by atoms with van der Waals surface area (Å²) in [7, 11) is -3.66. The van der Waals surface area contributed by atoms with Crippen LogP contribution in [0.5, 0.6) is 0 Å². The number of carbonyl (C=O) groups excluding carboxylic acids is 2. The monoisotopic (exact) mass is 482 g/mol. The molecule has 0 saturated heterocycles. The third kappa shape index (κ3) is 7.17. The van der Waals surface area contributed by atoms with E-state index >= 15 is 0 Å². The first-order chi connectivity index (χ1) is 13.7. The number of unbranched alkanes of at least 4 members (excludes halogenated alkanes) is 1. The fourth-order valence-electron chi connectivity index (χ4n) is 2.44. The number of benzene rings is 2. The number of esters is 1. The molecule has 0 bridgehead atoms. The Morgan fingerprint density at radius 3 is 2.41 bits per heavy atom. The molecular formula is C20H23BrN2O5S. The molecule has 9 heteroatoms. The quantitative estimate of drug-likeness (QED) is 0.433. The summed E-state index contributed by atoms with van der Waals surface area (Å²) in [6, 6.07) is 12.9. The lowest BCUT2D eigenvalue weighted by Gasteiger charge is -2.22. The van der Waals surface area contributed by atoms with E-state index in [2.05, 4.69) is 21.2 Å². The standard InChI is InChI=1S/C20H23BrN2O5S/c1-3-4-12-28-20(25)15-8-10-17(11-9-15)22-19(24)14-23(29(2,26)27)18-7-5-6-16(21)13-18/h5-11,13H,3-4,12,14H2,1-2H3,(H,22,24). The minimum atomic E-state index is -3.66. The van der Waals surface area contributed by atoms with Gasteiger partial charge in [-0.2, -0.15) is 0 Å². The van der Waals surface area contributed by atoms with Crippen molar-refractivity contribution in [1.29, 1.82) is 0 Å². The van der Waals surface area contributed by atoms with Crippen molar-refractivity contribution >= 4 is 49.2 Å². The van der Waals surface area contributed by atoms with E-state index in [1.165, 1.54) is 0 Å². The van der Waals surface area contributed by atoms with E-state index in [1.54, 1.807) is 48.5 Å². The molecular weight excluding hydrogens is 460 g/mol. The van der Waals surface area contributed by atoms with E-state index in [1.807, 2.05) is 6.92 Å². The third-order valence-corrected chi connectivity index (χ3v) is 5.55. The van der Waals surface area contributed by atoms with Gasteiger partial charge in [0.05, 0.1) is 24.1 Å². The lowest BCUT2D eigenvalue weighted by Crippen LogP contribution is -2.37. The van der Waals surface area contributed by atoms with Gasteiger partial charge >= 0.3 is 5.97 Å². The largest absolute Gasteiger partial charge is 0.462 e. The topological polar surface area (TPSA) is 92.8 Å². The van der Waals surface area contributed by atoms with Crippen molar-refractivity contribution in [2.24, 2.45) is 0 Å². The van der Waals surface area contributed by atoms with Crippen molar-refractivity contribution < 1.29 is 22.7 Å². The second kappa shape index (κ2) is 10.4. The minimum absolute atomic E-state index is 0.366. The summed E-state index contributed by atoms with van der Waals surface area (Å²) < 4.78 is 31.1. The van der Waals surface area contributed by atoms with Gasteiger partial charge in [-0.1, -0.05) is 35.3 Å². The van der Waals surface area contributed by atoms with Crippen LogP contribution in [0.3, 0.4) is 0 Å². The molecule has 0 heterocycles. The number of sulfonamides is 1. The fourth-order valence-corrected chi connectivity index (χ4v) is 3.68. The Bertz CT molecular complexity index is 961. The molecule has 0 unspecified atom stereocenters. The number of halogens is 1. The zero-order chi connectivity index (χ0) is 21.4. The number of ether oxygens (including phenoxy) is 1. The summed E-state index contributed by atoms with van der Waals surface area (Å²) >= 11 is 3.30. The third-order valence-electron chi connectivity index (χ3n) is 3.92. The fraction of sp³-hybridized carbons (Fsp3) is 0.300. The number of amides is 1. The molecule has 156 valence electrons. The lowest BCUT2D eigenvalue weighted by atomic mass is 10.2. The van der Waals surface area contributed by atoms with Crippen molar-refractivity contribution in [1.82, 2.24) is 0 Å². The molecule has 7 nitrogen and oxygen atoms in total. The highest BCUT2D eigenvalue weighted by Crippen LogP contribution is 2.22. The van der Waals surface area contributed by atoms with E-state index in [9.17, 15) is 18.0 Å². The zero-order valence-electron chi connectivity index (χ0n) is 16.2. The smallest absolute Gasteiger partial charge is 0.338 e. The molecule has 0 spiro atoms. The number of hydrogen-bond donors (Lipinski definition) is 1. The van der Waals surface area contributed by atoms with Crippen LogP contribution in [0, 0.1) is 0 Å². The SMILES string of the molecule is CCCCOC(=O)c1ccc(NC(=O)CN(c2cccc(Br)c2)S(C)(=O)=O)cc1. The number of carbonyl (C=O) groups is 2. The van der Waals surface area contributed by atoms with Gasteiger partial charge in [-0.15, -0.1) is 0 Å². The average Bonchev–Trinajstić information content (AvgIpc) is 2.66. The van der Waals surface area contributed by atoms with Gasteiger partial charge in [-0.25, -0.2) is 13.2 Å². The number of nitrogens with zero attached hydrogens (tertiary/aromatic N) is 1. The highest BCUT2D eigenvalue weighted by Gasteiger charge is 2.21. The van der Waals surface area contributed by atoms with Crippen molar-refractivity contribution in [2.75, 3.05) is 29.0 Å². The maximum absolute atomic E-state index is 12.4. The molecule has 2 rings (SSSR count). The van der Waals surface area contributed by atoms with Gasteiger partial charge in [0.25, 0.3) is 0 Å². The van der Waals surface area contributed by atoms with E-state index < -0.39 is 21.9 Å². The van der Waals surface area contributed by atoms with Gasteiger partial charge in [0.15, 0.2) is 0 Å². The van der Waals surface area contributed by atoms with Gasteiger partial charge in [-0.3, -0.25) is 9.10 Å². The maximum Gasteiger partial charge on any atom is 0.338 e. The Balaban J connectivity index is 2.04. The first-order valence-corrected chi connectivity index (χ1v) is 11.6. The van der Waals surface area contributed by atoms with Crippen LogP contribution in [0.4, 0.5) is 11.4 Å². The van der Waals surface area contributed by atoms with Crippen LogP contribution in [0.2, 0.25) is 0 Å². The molecule has 2 aromatic rings. The lowest BCUT2D eigenvalue weighted by molar-refractivity contribution is -0.114. The maximum atomic E-state index is 12.4. The summed E-state index contributed by atoms with van der Waals surface area (Å²) in [5.74, 6) is -0.928. The van der Waals surface area contributed by atoms with E-state index in [-0.39, 0.29) is 6.54 Å². The predicted molar refractivity (Wildman–Crippen MR) is 117 cm³/mol. The van der Waals surface area contributed by atoms with Crippen LogP contribution >= 0.6 is 15.9 Å². The van der Waals surface area contributed by atoms with Gasteiger partial charge in [0.2, 0.25) is 15.9 Å².